The van der Waals surface area contributed by atoms with Crippen LogP contribution < -0.4 is 5.32 Å². The SMILES string of the molecule is C[C@@H](C(=O)NC1CCCCC1)N1CCc2ccccc2C1. The van der Waals surface area contributed by atoms with Crippen LogP contribution in [0.2, 0.25) is 0 Å². The second kappa shape index (κ2) is 6.61. The summed E-state index contributed by atoms with van der Waals surface area (Å²) in [6.07, 6.45) is 7.21. The fourth-order valence-corrected chi connectivity index (χ4v) is 3.58. The van der Waals surface area contributed by atoms with E-state index in [9.17, 15) is 4.79 Å². The van der Waals surface area contributed by atoms with Gasteiger partial charge in [0.1, 0.15) is 0 Å². The first-order chi connectivity index (χ1) is 10.2. The van der Waals surface area contributed by atoms with Gasteiger partial charge < -0.3 is 5.32 Å². The van der Waals surface area contributed by atoms with Gasteiger partial charge in [-0.05, 0) is 37.3 Å². The van der Waals surface area contributed by atoms with E-state index in [0.717, 1.165) is 32.4 Å². The summed E-state index contributed by atoms with van der Waals surface area (Å²) in [5.74, 6) is 0.210. The Balaban J connectivity index is 1.58. The third-order valence-corrected chi connectivity index (χ3v) is 5.04. The maximum atomic E-state index is 12.5. The Morgan fingerprint density at radius 3 is 2.67 bits per heavy atom. The molecule has 3 nitrogen and oxygen atoms in total. The van der Waals surface area contributed by atoms with Gasteiger partial charge in [-0.25, -0.2) is 0 Å². The van der Waals surface area contributed by atoms with Crippen molar-refractivity contribution in [1.82, 2.24) is 10.2 Å². The van der Waals surface area contributed by atoms with Gasteiger partial charge in [0.25, 0.3) is 0 Å². The van der Waals surface area contributed by atoms with Crippen molar-refractivity contribution in [2.24, 2.45) is 0 Å². The summed E-state index contributed by atoms with van der Waals surface area (Å²) in [7, 11) is 0. The minimum Gasteiger partial charge on any atom is -0.352 e. The molecule has 114 valence electrons. The van der Waals surface area contributed by atoms with Crippen LogP contribution in [-0.4, -0.2) is 29.4 Å². The number of hydrogen-bond acceptors (Lipinski definition) is 2. The van der Waals surface area contributed by atoms with Gasteiger partial charge in [-0.15, -0.1) is 0 Å². The number of rotatable bonds is 3. The van der Waals surface area contributed by atoms with E-state index in [0.29, 0.717) is 6.04 Å². The number of carbonyl (C=O) groups is 1. The van der Waals surface area contributed by atoms with Crippen molar-refractivity contribution < 1.29 is 4.79 Å². The lowest BCUT2D eigenvalue weighted by Crippen LogP contribution is -2.49. The zero-order valence-corrected chi connectivity index (χ0v) is 13.0. The molecule has 1 aliphatic heterocycles. The predicted octanol–water partition coefficient (Wildman–Crippen LogP) is 2.88. The van der Waals surface area contributed by atoms with Crippen molar-refractivity contribution in [2.75, 3.05) is 6.54 Å². The van der Waals surface area contributed by atoms with Crippen LogP contribution in [0.1, 0.15) is 50.2 Å². The third-order valence-electron chi connectivity index (χ3n) is 5.04. The molecule has 0 unspecified atom stereocenters. The Morgan fingerprint density at radius 1 is 1.19 bits per heavy atom. The van der Waals surface area contributed by atoms with E-state index in [-0.39, 0.29) is 11.9 Å². The van der Waals surface area contributed by atoms with E-state index in [2.05, 4.69) is 34.5 Å². The first-order valence-electron chi connectivity index (χ1n) is 8.35. The number of nitrogens with zero attached hydrogens (tertiary/aromatic N) is 1. The molecule has 1 aromatic carbocycles. The number of benzene rings is 1. The molecule has 0 spiro atoms. The molecule has 1 saturated carbocycles. The highest BCUT2D eigenvalue weighted by Gasteiger charge is 2.26. The molecule has 3 heteroatoms. The van der Waals surface area contributed by atoms with E-state index in [1.807, 2.05) is 6.92 Å². The molecule has 1 N–H and O–H groups in total. The smallest absolute Gasteiger partial charge is 0.237 e. The maximum Gasteiger partial charge on any atom is 0.237 e. The zero-order valence-electron chi connectivity index (χ0n) is 13.0. The first kappa shape index (κ1) is 14.6. The lowest BCUT2D eigenvalue weighted by molar-refractivity contribution is -0.127. The number of fused-ring (bicyclic) bond motifs is 1. The molecule has 1 atom stereocenters. The standard InChI is InChI=1S/C18H26N2O/c1-14(18(21)19-17-9-3-2-4-10-17)20-12-11-15-7-5-6-8-16(15)13-20/h5-8,14,17H,2-4,9-13H2,1H3,(H,19,21)/t14-/m0/s1. The Labute approximate surface area is 127 Å². The predicted molar refractivity (Wildman–Crippen MR) is 85.0 cm³/mol. The number of nitrogens with one attached hydrogen (secondary N) is 1. The second-order valence-electron chi connectivity index (χ2n) is 6.51. The minimum atomic E-state index is -0.0275. The van der Waals surface area contributed by atoms with Crippen LogP contribution in [0.25, 0.3) is 0 Å². The molecule has 1 fully saturated rings. The van der Waals surface area contributed by atoms with Crippen LogP contribution in [0, 0.1) is 0 Å². The van der Waals surface area contributed by atoms with Gasteiger partial charge in [0.05, 0.1) is 6.04 Å². The Bertz CT molecular complexity index is 494. The number of hydrogen-bond donors (Lipinski definition) is 1. The molecule has 3 rings (SSSR count). The molecule has 1 heterocycles. The highest BCUT2D eigenvalue weighted by molar-refractivity contribution is 5.81. The lowest BCUT2D eigenvalue weighted by atomic mass is 9.95. The monoisotopic (exact) mass is 286 g/mol. The van der Waals surface area contributed by atoms with Crippen LogP contribution in [0.4, 0.5) is 0 Å². The summed E-state index contributed by atoms with van der Waals surface area (Å²) in [6.45, 7) is 3.93. The van der Waals surface area contributed by atoms with Crippen molar-refractivity contribution >= 4 is 5.91 Å². The van der Waals surface area contributed by atoms with Crippen molar-refractivity contribution in [1.29, 1.82) is 0 Å². The second-order valence-corrected chi connectivity index (χ2v) is 6.51. The van der Waals surface area contributed by atoms with Crippen LogP contribution >= 0.6 is 0 Å². The Hall–Kier alpha value is -1.35. The normalized spacial score (nSPS) is 21.6. The summed E-state index contributed by atoms with van der Waals surface area (Å²) in [5, 5.41) is 3.26. The number of amides is 1. The van der Waals surface area contributed by atoms with Crippen molar-refractivity contribution in [3.63, 3.8) is 0 Å². The quantitative estimate of drug-likeness (QED) is 0.926. The van der Waals surface area contributed by atoms with E-state index < -0.39 is 0 Å². The number of carbonyl (C=O) groups excluding carboxylic acids is 1. The summed E-state index contributed by atoms with van der Waals surface area (Å²) < 4.78 is 0. The molecular formula is C18H26N2O. The zero-order chi connectivity index (χ0) is 14.7. The van der Waals surface area contributed by atoms with Gasteiger partial charge in [0.15, 0.2) is 0 Å². The summed E-state index contributed by atoms with van der Waals surface area (Å²) in [6, 6.07) is 8.97. The van der Waals surface area contributed by atoms with Gasteiger partial charge in [0, 0.05) is 19.1 Å². The molecule has 1 amide bonds. The molecule has 0 bridgehead atoms. The Morgan fingerprint density at radius 2 is 1.90 bits per heavy atom. The van der Waals surface area contributed by atoms with E-state index >= 15 is 0 Å². The molecule has 21 heavy (non-hydrogen) atoms. The highest BCUT2D eigenvalue weighted by Crippen LogP contribution is 2.21. The molecule has 1 aliphatic carbocycles. The van der Waals surface area contributed by atoms with Gasteiger partial charge in [-0.2, -0.15) is 0 Å². The van der Waals surface area contributed by atoms with Crippen LogP contribution in [0.5, 0.6) is 0 Å². The Kier molecular flexibility index (Phi) is 4.59. The molecule has 1 aromatic rings. The van der Waals surface area contributed by atoms with Crippen molar-refractivity contribution in [2.45, 2.75) is 64.1 Å². The fourth-order valence-electron chi connectivity index (χ4n) is 3.58. The van der Waals surface area contributed by atoms with Crippen LogP contribution in [-0.2, 0) is 17.8 Å². The fraction of sp³-hybridized carbons (Fsp3) is 0.611. The summed E-state index contributed by atoms with van der Waals surface area (Å²) in [5.41, 5.74) is 2.81. The first-order valence-corrected chi connectivity index (χ1v) is 8.35. The van der Waals surface area contributed by atoms with Gasteiger partial charge in [-0.1, -0.05) is 43.5 Å². The molecule has 0 saturated heterocycles. The molecule has 2 aliphatic rings. The summed E-state index contributed by atoms with van der Waals surface area (Å²) in [4.78, 5) is 14.8. The topological polar surface area (TPSA) is 32.3 Å². The van der Waals surface area contributed by atoms with Gasteiger partial charge >= 0.3 is 0 Å². The van der Waals surface area contributed by atoms with Gasteiger partial charge in [0.2, 0.25) is 5.91 Å². The highest BCUT2D eigenvalue weighted by atomic mass is 16.2. The largest absolute Gasteiger partial charge is 0.352 e. The van der Waals surface area contributed by atoms with Crippen LogP contribution in [0.15, 0.2) is 24.3 Å². The lowest BCUT2D eigenvalue weighted by Gasteiger charge is -2.34. The third kappa shape index (κ3) is 3.46. The van der Waals surface area contributed by atoms with E-state index in [1.165, 1.54) is 30.4 Å². The average Bonchev–Trinajstić information content (AvgIpc) is 2.54. The van der Waals surface area contributed by atoms with Gasteiger partial charge in [-0.3, -0.25) is 9.69 Å². The molecule has 0 radical (unpaired) electrons. The van der Waals surface area contributed by atoms with Crippen molar-refractivity contribution in [3.8, 4) is 0 Å². The molecule has 0 aromatic heterocycles. The van der Waals surface area contributed by atoms with Crippen LogP contribution in [0.3, 0.4) is 0 Å². The van der Waals surface area contributed by atoms with E-state index in [1.54, 1.807) is 0 Å². The van der Waals surface area contributed by atoms with Crippen molar-refractivity contribution in [3.05, 3.63) is 35.4 Å². The maximum absolute atomic E-state index is 12.5. The van der Waals surface area contributed by atoms with E-state index in [4.69, 9.17) is 0 Å². The average molecular weight is 286 g/mol. The minimum absolute atomic E-state index is 0.0275. The summed E-state index contributed by atoms with van der Waals surface area (Å²) >= 11 is 0. The molecular weight excluding hydrogens is 260 g/mol.